The molecule has 0 saturated heterocycles. The van der Waals surface area contributed by atoms with Gasteiger partial charge in [-0.2, -0.15) is 0 Å². The Bertz CT molecular complexity index is 654. The molecular weight excluding hydrogens is 376 g/mol. The van der Waals surface area contributed by atoms with Crippen molar-refractivity contribution < 1.29 is 14.0 Å². The van der Waals surface area contributed by atoms with Crippen molar-refractivity contribution in [1.82, 2.24) is 0 Å². The first-order valence-electron chi connectivity index (χ1n) is 11.5. The lowest BCUT2D eigenvalue weighted by Gasteiger charge is -2.44. The maximum atomic E-state index is 12.7. The van der Waals surface area contributed by atoms with Crippen LogP contribution in [0.15, 0.2) is 12.2 Å². The van der Waals surface area contributed by atoms with Crippen molar-refractivity contribution in [3.05, 3.63) is 12.2 Å². The highest BCUT2D eigenvalue weighted by Crippen LogP contribution is 2.55. The van der Waals surface area contributed by atoms with Crippen molar-refractivity contribution in [2.75, 3.05) is 0 Å². The molecule has 0 aliphatic heterocycles. The summed E-state index contributed by atoms with van der Waals surface area (Å²) in [5.74, 6) is 1.20. The number of ketones is 2. The lowest BCUT2D eigenvalue weighted by molar-refractivity contribution is -0.143. The summed E-state index contributed by atoms with van der Waals surface area (Å²) in [6.07, 6.45) is 4.31. The first-order chi connectivity index (χ1) is 13.1. The molecule has 29 heavy (non-hydrogen) atoms. The molecule has 3 nitrogen and oxygen atoms in total. The molecule has 0 aromatic heterocycles. The van der Waals surface area contributed by atoms with Gasteiger partial charge in [-0.15, -0.1) is 0 Å². The third-order valence-corrected chi connectivity index (χ3v) is 13.1. The van der Waals surface area contributed by atoms with E-state index >= 15 is 0 Å². The Morgan fingerprint density at radius 2 is 1.62 bits per heavy atom. The van der Waals surface area contributed by atoms with Gasteiger partial charge in [0.15, 0.2) is 8.32 Å². The van der Waals surface area contributed by atoms with Crippen LogP contribution in [0, 0.1) is 22.7 Å². The van der Waals surface area contributed by atoms with Crippen LogP contribution in [-0.4, -0.2) is 26.0 Å². The van der Waals surface area contributed by atoms with Gasteiger partial charge >= 0.3 is 0 Å². The molecule has 0 spiro atoms. The third-order valence-electron chi connectivity index (χ3n) is 8.59. The zero-order valence-electron chi connectivity index (χ0n) is 20.4. The second-order valence-electron chi connectivity index (χ2n) is 11.9. The molecule has 2 aliphatic rings. The summed E-state index contributed by atoms with van der Waals surface area (Å²) in [5.41, 5.74) is 0.250. The van der Waals surface area contributed by atoms with Gasteiger partial charge in [0.2, 0.25) is 0 Å². The van der Waals surface area contributed by atoms with Crippen LogP contribution in [0.4, 0.5) is 0 Å². The van der Waals surface area contributed by atoms with E-state index < -0.39 is 13.7 Å². The fourth-order valence-electron chi connectivity index (χ4n) is 4.88. The molecule has 0 aromatic carbocycles. The summed E-state index contributed by atoms with van der Waals surface area (Å²) in [7, 11) is -1.94. The maximum Gasteiger partial charge on any atom is 0.192 e. The second kappa shape index (κ2) is 8.07. The predicted octanol–water partition coefficient (Wildman–Crippen LogP) is 6.72. The molecule has 2 aliphatic carbocycles. The van der Waals surface area contributed by atoms with E-state index in [1.54, 1.807) is 0 Å². The van der Waals surface area contributed by atoms with Gasteiger partial charge in [0.05, 0.1) is 11.5 Å². The molecule has 0 aromatic rings. The van der Waals surface area contributed by atoms with E-state index in [1.807, 2.05) is 6.92 Å². The number of carbonyl (C=O) groups excluding carboxylic acids is 2. The van der Waals surface area contributed by atoms with Gasteiger partial charge in [-0.25, -0.2) is 0 Å². The van der Waals surface area contributed by atoms with E-state index in [0.717, 1.165) is 12.8 Å². The summed E-state index contributed by atoms with van der Waals surface area (Å²) in [6, 6.07) is 0. The van der Waals surface area contributed by atoms with Gasteiger partial charge < -0.3 is 4.43 Å². The molecule has 2 fully saturated rings. The minimum Gasteiger partial charge on any atom is -0.413 e. The van der Waals surface area contributed by atoms with Gasteiger partial charge in [0.1, 0.15) is 11.6 Å². The highest BCUT2D eigenvalue weighted by molar-refractivity contribution is 6.74. The minimum absolute atomic E-state index is 0.112. The molecule has 0 radical (unpaired) electrons. The molecular formula is C25H44O3Si. The average Bonchev–Trinajstić information content (AvgIpc) is 2.82. The van der Waals surface area contributed by atoms with Crippen LogP contribution in [0.25, 0.3) is 0 Å². The lowest BCUT2D eigenvalue weighted by Crippen LogP contribution is -2.48. The topological polar surface area (TPSA) is 43.4 Å². The highest BCUT2D eigenvalue weighted by Gasteiger charge is 2.53. The highest BCUT2D eigenvalue weighted by atomic mass is 28.4. The van der Waals surface area contributed by atoms with Crippen LogP contribution >= 0.6 is 0 Å². The van der Waals surface area contributed by atoms with Gasteiger partial charge in [-0.05, 0) is 62.6 Å². The van der Waals surface area contributed by atoms with Crippen LogP contribution in [0.3, 0.4) is 0 Å². The van der Waals surface area contributed by atoms with Crippen molar-refractivity contribution >= 4 is 19.9 Å². The van der Waals surface area contributed by atoms with Gasteiger partial charge in [0, 0.05) is 18.3 Å². The smallest absolute Gasteiger partial charge is 0.192 e. The summed E-state index contributed by atoms with van der Waals surface area (Å²) in [6.45, 7) is 24.7. The third kappa shape index (κ3) is 4.49. The largest absolute Gasteiger partial charge is 0.413 e. The minimum atomic E-state index is -1.94. The number of hydrogen-bond donors (Lipinski definition) is 0. The molecule has 4 heteroatoms. The molecule has 0 bridgehead atoms. The number of hydrogen-bond acceptors (Lipinski definition) is 3. The quantitative estimate of drug-likeness (QED) is 0.272. The van der Waals surface area contributed by atoms with Crippen LogP contribution in [0.2, 0.25) is 18.1 Å². The normalized spacial score (nSPS) is 31.0. The van der Waals surface area contributed by atoms with Crippen molar-refractivity contribution in [2.45, 2.75) is 111 Å². The molecule has 2 saturated carbocycles. The molecule has 0 amide bonds. The zero-order chi connectivity index (χ0) is 22.4. The molecule has 0 N–H and O–H groups in total. The molecule has 0 unspecified atom stereocenters. The standard InChI is InChI=1S/C25H44O3Si/c1-17(2)19-16-22(28-29(9,10)23(4,5)6)24(7,18(19)3)14-15-25(8)20(26)12-11-13-21(25)27/h17,19,22H,3,11-16H2,1-2,4-10H3/t19-,22-,24-/m1/s1. The Kier molecular flexibility index (Phi) is 6.82. The average molecular weight is 421 g/mol. The monoisotopic (exact) mass is 420 g/mol. The number of carbonyl (C=O) groups is 2. The van der Waals surface area contributed by atoms with Gasteiger partial charge in [0.25, 0.3) is 0 Å². The lowest BCUT2D eigenvalue weighted by atomic mass is 9.66. The van der Waals surface area contributed by atoms with E-state index in [9.17, 15) is 9.59 Å². The van der Waals surface area contributed by atoms with E-state index in [4.69, 9.17) is 4.43 Å². The fourth-order valence-corrected chi connectivity index (χ4v) is 6.30. The molecule has 2 rings (SSSR count). The first kappa shape index (κ1) is 24.5. The summed E-state index contributed by atoms with van der Waals surface area (Å²) in [4.78, 5) is 25.3. The Morgan fingerprint density at radius 1 is 1.10 bits per heavy atom. The van der Waals surface area contributed by atoms with Crippen LogP contribution < -0.4 is 0 Å². The Balaban J connectivity index is 2.31. The van der Waals surface area contributed by atoms with Crippen LogP contribution in [0.1, 0.15) is 87.0 Å². The van der Waals surface area contributed by atoms with Gasteiger partial charge in [-0.3, -0.25) is 9.59 Å². The van der Waals surface area contributed by atoms with Crippen molar-refractivity contribution in [3.63, 3.8) is 0 Å². The molecule has 3 atom stereocenters. The maximum absolute atomic E-state index is 12.7. The fraction of sp³-hybridized carbons (Fsp3) is 0.840. The predicted molar refractivity (Wildman–Crippen MR) is 123 cm³/mol. The zero-order valence-corrected chi connectivity index (χ0v) is 21.4. The van der Waals surface area contributed by atoms with Crippen molar-refractivity contribution in [3.8, 4) is 0 Å². The first-order valence-corrected chi connectivity index (χ1v) is 14.4. The van der Waals surface area contributed by atoms with E-state index in [2.05, 4.69) is 61.2 Å². The summed E-state index contributed by atoms with van der Waals surface area (Å²) in [5, 5.41) is 0.145. The van der Waals surface area contributed by atoms with Crippen LogP contribution in [0.5, 0.6) is 0 Å². The Labute approximate surface area is 180 Å². The molecule has 166 valence electrons. The summed E-state index contributed by atoms with van der Waals surface area (Å²) < 4.78 is 6.96. The number of rotatable bonds is 6. The van der Waals surface area contributed by atoms with E-state index in [-0.39, 0.29) is 28.1 Å². The second-order valence-corrected chi connectivity index (χ2v) is 16.7. The SMILES string of the molecule is C=C1[C@@H](C(C)C)C[C@@H](O[Si](C)(C)C(C)(C)C)[C@]1(C)CCC1(C)C(=O)CCCC1=O. The van der Waals surface area contributed by atoms with Crippen LogP contribution in [-0.2, 0) is 14.0 Å². The summed E-state index contributed by atoms with van der Waals surface area (Å²) >= 11 is 0. The van der Waals surface area contributed by atoms with Crippen molar-refractivity contribution in [2.24, 2.45) is 22.7 Å². The Hall–Kier alpha value is -0.743. The van der Waals surface area contributed by atoms with Gasteiger partial charge in [-0.1, -0.05) is 53.7 Å². The Morgan fingerprint density at radius 3 is 2.07 bits per heavy atom. The van der Waals surface area contributed by atoms with Crippen molar-refractivity contribution in [1.29, 1.82) is 0 Å². The number of Topliss-reactive ketones (excluding diaryl/α,β-unsaturated/α-hetero) is 2. The van der Waals surface area contributed by atoms with E-state index in [0.29, 0.717) is 37.5 Å². The molecule has 0 heterocycles. The van der Waals surface area contributed by atoms with E-state index in [1.165, 1.54) is 5.57 Å².